The maximum atomic E-state index is 13.5. The SMILES string of the molecule is CNC(=O)C1C(N2CCCC(C(=O)Nc3nc4c(Cl)cc(F)cc4s3)C2)CN1C. The van der Waals surface area contributed by atoms with Gasteiger partial charge in [0.15, 0.2) is 5.13 Å². The number of piperidine rings is 1. The minimum atomic E-state index is -0.428. The number of rotatable bonds is 4. The molecule has 0 spiro atoms. The van der Waals surface area contributed by atoms with Gasteiger partial charge in [-0.3, -0.25) is 19.4 Å². The van der Waals surface area contributed by atoms with Crippen molar-refractivity contribution in [3.05, 3.63) is 23.0 Å². The lowest BCUT2D eigenvalue weighted by molar-refractivity contribution is -0.137. The molecule has 2 aliphatic rings. The Bertz CT molecular complexity index is 954. The number of halogens is 2. The monoisotopic (exact) mass is 439 g/mol. The van der Waals surface area contributed by atoms with Gasteiger partial charge in [0.2, 0.25) is 11.8 Å². The highest BCUT2D eigenvalue weighted by Gasteiger charge is 2.45. The third-order valence-electron chi connectivity index (χ3n) is 5.77. The van der Waals surface area contributed by atoms with Crippen LogP contribution in [0.2, 0.25) is 5.02 Å². The summed E-state index contributed by atoms with van der Waals surface area (Å²) in [4.78, 5) is 33.6. The molecule has 2 N–H and O–H groups in total. The Morgan fingerprint density at radius 2 is 2.10 bits per heavy atom. The van der Waals surface area contributed by atoms with Gasteiger partial charge in [0.05, 0.1) is 15.6 Å². The second kappa shape index (κ2) is 8.14. The molecule has 7 nitrogen and oxygen atoms in total. The molecule has 2 amide bonds. The van der Waals surface area contributed by atoms with E-state index in [1.807, 2.05) is 11.9 Å². The van der Waals surface area contributed by atoms with E-state index in [-0.39, 0.29) is 34.8 Å². The van der Waals surface area contributed by atoms with Gasteiger partial charge in [0.1, 0.15) is 17.4 Å². The van der Waals surface area contributed by atoms with E-state index in [0.29, 0.717) is 21.9 Å². The molecular weight excluding hydrogens is 417 g/mol. The first-order chi connectivity index (χ1) is 13.9. The smallest absolute Gasteiger partial charge is 0.238 e. The van der Waals surface area contributed by atoms with Crippen LogP contribution in [0.1, 0.15) is 12.8 Å². The van der Waals surface area contributed by atoms with Crippen LogP contribution in [0.25, 0.3) is 10.2 Å². The number of nitrogens with zero attached hydrogens (tertiary/aromatic N) is 3. The number of hydrogen-bond donors (Lipinski definition) is 2. The number of carbonyl (C=O) groups excluding carboxylic acids is 2. The lowest BCUT2D eigenvalue weighted by Crippen LogP contribution is -2.70. The first kappa shape index (κ1) is 20.5. The summed E-state index contributed by atoms with van der Waals surface area (Å²) in [5.74, 6) is -0.703. The Morgan fingerprint density at radius 3 is 2.83 bits per heavy atom. The first-order valence-corrected chi connectivity index (χ1v) is 10.8. The zero-order valence-electron chi connectivity index (χ0n) is 16.2. The van der Waals surface area contributed by atoms with Crippen LogP contribution in [0.15, 0.2) is 12.1 Å². The second-order valence-corrected chi connectivity index (χ2v) is 9.08. The van der Waals surface area contributed by atoms with Gasteiger partial charge in [-0.05, 0) is 38.6 Å². The fourth-order valence-electron chi connectivity index (χ4n) is 4.24. The van der Waals surface area contributed by atoms with E-state index >= 15 is 0 Å². The average molecular weight is 440 g/mol. The highest BCUT2D eigenvalue weighted by molar-refractivity contribution is 7.22. The normalized spacial score (nSPS) is 25.6. The predicted molar refractivity (Wildman–Crippen MR) is 112 cm³/mol. The summed E-state index contributed by atoms with van der Waals surface area (Å²) in [7, 11) is 3.58. The van der Waals surface area contributed by atoms with Gasteiger partial charge in [0.25, 0.3) is 0 Å². The van der Waals surface area contributed by atoms with Crippen molar-refractivity contribution in [3.8, 4) is 0 Å². The van der Waals surface area contributed by atoms with Gasteiger partial charge in [-0.2, -0.15) is 0 Å². The summed E-state index contributed by atoms with van der Waals surface area (Å²) < 4.78 is 14.1. The van der Waals surface area contributed by atoms with Crippen LogP contribution >= 0.6 is 22.9 Å². The molecule has 2 aromatic rings. The fraction of sp³-hybridized carbons (Fsp3) is 0.526. The molecule has 10 heteroatoms. The van der Waals surface area contributed by atoms with Gasteiger partial charge in [0, 0.05) is 26.2 Å². The molecule has 3 unspecified atom stereocenters. The van der Waals surface area contributed by atoms with Crippen molar-refractivity contribution in [3.63, 3.8) is 0 Å². The third-order valence-corrected chi connectivity index (χ3v) is 6.97. The van der Waals surface area contributed by atoms with E-state index < -0.39 is 5.82 Å². The van der Waals surface area contributed by atoms with Crippen molar-refractivity contribution in [2.75, 3.05) is 39.0 Å². The minimum absolute atomic E-state index is 0.00825. The third kappa shape index (κ3) is 3.96. The molecule has 0 saturated carbocycles. The number of fused-ring (bicyclic) bond motifs is 1. The number of amides is 2. The highest BCUT2D eigenvalue weighted by atomic mass is 35.5. The molecule has 3 heterocycles. The number of thiazole rings is 1. The molecule has 1 aromatic carbocycles. The van der Waals surface area contributed by atoms with E-state index in [2.05, 4.69) is 20.5 Å². The lowest BCUT2D eigenvalue weighted by Gasteiger charge is -2.51. The van der Waals surface area contributed by atoms with Crippen molar-refractivity contribution in [1.82, 2.24) is 20.1 Å². The summed E-state index contributed by atoms with van der Waals surface area (Å²) >= 11 is 7.26. The molecule has 0 bridgehead atoms. The molecule has 29 heavy (non-hydrogen) atoms. The molecule has 0 radical (unpaired) electrons. The summed E-state index contributed by atoms with van der Waals surface area (Å²) in [6.07, 6.45) is 1.69. The molecule has 2 aliphatic heterocycles. The number of anilines is 1. The molecule has 2 saturated heterocycles. The Morgan fingerprint density at radius 1 is 1.31 bits per heavy atom. The molecule has 4 rings (SSSR count). The van der Waals surface area contributed by atoms with Crippen LogP contribution in [0.4, 0.5) is 9.52 Å². The standard InChI is InChI=1S/C19H23ClFN5O2S/c1-22-18(28)16-13(9-25(16)2)26-5-3-4-10(8-26)17(27)24-19-23-15-12(20)6-11(21)7-14(15)29-19/h6-7,10,13,16H,3-5,8-9H2,1-2H3,(H,22,28)(H,23,24,27). The van der Waals surface area contributed by atoms with E-state index in [4.69, 9.17) is 11.6 Å². The number of aromatic nitrogens is 1. The second-order valence-electron chi connectivity index (χ2n) is 7.64. The molecule has 1 aromatic heterocycles. The van der Waals surface area contributed by atoms with Crippen LogP contribution < -0.4 is 10.6 Å². The van der Waals surface area contributed by atoms with Gasteiger partial charge in [-0.15, -0.1) is 0 Å². The number of carbonyl (C=O) groups is 2. The van der Waals surface area contributed by atoms with E-state index in [1.165, 1.54) is 23.5 Å². The maximum absolute atomic E-state index is 13.5. The number of likely N-dealkylation sites (tertiary alicyclic amines) is 2. The quantitative estimate of drug-likeness (QED) is 0.763. The average Bonchev–Trinajstić information content (AvgIpc) is 3.08. The molecule has 0 aliphatic carbocycles. The van der Waals surface area contributed by atoms with Crippen LogP contribution in [0.3, 0.4) is 0 Å². The van der Waals surface area contributed by atoms with Crippen molar-refractivity contribution >= 4 is 50.1 Å². The predicted octanol–water partition coefficient (Wildman–Crippen LogP) is 2.17. The molecule has 156 valence electrons. The van der Waals surface area contributed by atoms with Crippen LogP contribution in [0, 0.1) is 11.7 Å². The maximum Gasteiger partial charge on any atom is 0.238 e. The number of likely N-dealkylation sites (N-methyl/N-ethyl adjacent to an activating group) is 2. The largest absolute Gasteiger partial charge is 0.358 e. The first-order valence-electron chi connectivity index (χ1n) is 9.59. The van der Waals surface area contributed by atoms with E-state index in [9.17, 15) is 14.0 Å². The fourth-order valence-corrected chi connectivity index (χ4v) is 5.47. The highest BCUT2D eigenvalue weighted by Crippen LogP contribution is 2.33. The number of nitrogens with one attached hydrogen (secondary N) is 2. The Hall–Kier alpha value is -1.81. The van der Waals surface area contributed by atoms with Crippen LogP contribution in [-0.4, -0.2) is 72.4 Å². The van der Waals surface area contributed by atoms with Crippen molar-refractivity contribution < 1.29 is 14.0 Å². The summed E-state index contributed by atoms with van der Waals surface area (Å²) in [6.45, 7) is 2.30. The zero-order valence-corrected chi connectivity index (χ0v) is 17.8. The van der Waals surface area contributed by atoms with Crippen molar-refractivity contribution in [1.29, 1.82) is 0 Å². The topological polar surface area (TPSA) is 77.6 Å². The molecule has 3 atom stereocenters. The number of benzene rings is 1. The van der Waals surface area contributed by atoms with Crippen LogP contribution in [0.5, 0.6) is 0 Å². The Labute approximate surface area is 177 Å². The molecular formula is C19H23ClFN5O2S. The Balaban J connectivity index is 1.43. The van der Waals surface area contributed by atoms with Crippen molar-refractivity contribution in [2.24, 2.45) is 5.92 Å². The summed E-state index contributed by atoms with van der Waals surface area (Å²) in [5, 5.41) is 6.24. The van der Waals surface area contributed by atoms with Gasteiger partial charge >= 0.3 is 0 Å². The van der Waals surface area contributed by atoms with Gasteiger partial charge < -0.3 is 10.6 Å². The summed E-state index contributed by atoms with van der Waals surface area (Å²) in [5.41, 5.74) is 0.490. The lowest BCUT2D eigenvalue weighted by atomic mass is 9.89. The van der Waals surface area contributed by atoms with Gasteiger partial charge in [-0.1, -0.05) is 22.9 Å². The zero-order chi connectivity index (χ0) is 20.7. The van der Waals surface area contributed by atoms with E-state index in [0.717, 1.165) is 25.9 Å². The van der Waals surface area contributed by atoms with Crippen molar-refractivity contribution in [2.45, 2.75) is 24.9 Å². The Kier molecular flexibility index (Phi) is 5.74. The number of hydrogen-bond acceptors (Lipinski definition) is 6. The van der Waals surface area contributed by atoms with Crippen LogP contribution in [-0.2, 0) is 9.59 Å². The van der Waals surface area contributed by atoms with E-state index in [1.54, 1.807) is 7.05 Å². The van der Waals surface area contributed by atoms with Gasteiger partial charge in [-0.25, -0.2) is 9.37 Å². The minimum Gasteiger partial charge on any atom is -0.358 e. The molecule has 2 fully saturated rings. The summed E-state index contributed by atoms with van der Waals surface area (Å²) in [6, 6.07) is 2.53.